The van der Waals surface area contributed by atoms with Crippen molar-refractivity contribution in [1.82, 2.24) is 10.6 Å². The van der Waals surface area contributed by atoms with Crippen LogP contribution in [-0.4, -0.2) is 39.8 Å². The Morgan fingerprint density at radius 2 is 2.07 bits per heavy atom. The molecule has 1 unspecified atom stereocenters. The van der Waals surface area contributed by atoms with Gasteiger partial charge < -0.3 is 20.3 Å². The molecule has 0 radical (unpaired) electrons. The first-order valence-corrected chi connectivity index (χ1v) is 9.67. The third kappa shape index (κ3) is 6.48. The van der Waals surface area contributed by atoms with Gasteiger partial charge in [-0.25, -0.2) is 4.39 Å². The molecule has 0 aromatic heterocycles. The van der Waals surface area contributed by atoms with Gasteiger partial charge in [-0.05, 0) is 48.6 Å². The summed E-state index contributed by atoms with van der Waals surface area (Å²) in [6.07, 6.45) is 1.13. The Hall–Kier alpha value is -2.03. The topological polar surface area (TPSA) is 48.9 Å². The number of nitrogens with zero attached hydrogens (tertiary/aromatic N) is 2. The van der Waals surface area contributed by atoms with E-state index >= 15 is 0 Å². The van der Waals surface area contributed by atoms with Crippen molar-refractivity contribution >= 4 is 35.6 Å². The summed E-state index contributed by atoms with van der Waals surface area (Å²) >= 11 is 0. The minimum absolute atomic E-state index is 0. The number of ether oxygens (including phenoxy) is 1. The third-order valence-electron chi connectivity index (χ3n) is 5.18. The number of rotatable bonds is 6. The molecule has 3 rings (SSSR count). The molecule has 5 nitrogen and oxygen atoms in total. The summed E-state index contributed by atoms with van der Waals surface area (Å²) in [5.41, 5.74) is 2.76. The number of aryl methyl sites for hydroxylation is 1. The fourth-order valence-corrected chi connectivity index (χ4v) is 3.43. The summed E-state index contributed by atoms with van der Waals surface area (Å²) in [7, 11) is 3.45. The molecule has 1 saturated heterocycles. The second-order valence-electron chi connectivity index (χ2n) is 7.19. The first kappa shape index (κ1) is 23.3. The van der Waals surface area contributed by atoms with Crippen molar-refractivity contribution in [2.24, 2.45) is 10.9 Å². The van der Waals surface area contributed by atoms with Gasteiger partial charge in [-0.1, -0.05) is 18.2 Å². The molecule has 2 N–H and O–H groups in total. The predicted molar refractivity (Wildman–Crippen MR) is 128 cm³/mol. The fraction of sp³-hybridized carbons (Fsp3) is 0.409. The van der Waals surface area contributed by atoms with E-state index in [1.165, 1.54) is 5.69 Å². The molecule has 0 amide bonds. The van der Waals surface area contributed by atoms with E-state index < -0.39 is 0 Å². The molecule has 1 aliphatic heterocycles. The zero-order chi connectivity index (χ0) is 19.9. The van der Waals surface area contributed by atoms with Gasteiger partial charge in [-0.15, -0.1) is 24.0 Å². The largest absolute Gasteiger partial charge is 0.497 e. The lowest BCUT2D eigenvalue weighted by molar-refractivity contribution is 0.415. The molecule has 0 saturated carbocycles. The van der Waals surface area contributed by atoms with Gasteiger partial charge >= 0.3 is 0 Å². The normalized spacial score (nSPS) is 16.3. The Morgan fingerprint density at radius 1 is 1.24 bits per heavy atom. The minimum atomic E-state index is -0.175. The molecule has 2 aromatic rings. The molecular formula is C22H30FIN4O. The van der Waals surface area contributed by atoms with Crippen molar-refractivity contribution in [3.05, 3.63) is 59.4 Å². The van der Waals surface area contributed by atoms with Crippen molar-refractivity contribution in [1.29, 1.82) is 0 Å². The molecule has 0 aliphatic carbocycles. The standard InChI is InChI=1S/C22H29FN4O.HI/c1-16-7-8-17(11-21(16)23)13-25-22(24-2)26-14-18-9-10-27(15-18)19-5-4-6-20(12-19)28-3;/h4-8,11-12,18H,9-10,13-15H2,1-3H3,(H2,24,25,26);1H. The summed E-state index contributed by atoms with van der Waals surface area (Å²) in [6, 6.07) is 13.5. The SMILES string of the molecule is CN=C(NCc1ccc(C)c(F)c1)NCC1CCN(c2cccc(OC)c2)C1.I. The van der Waals surface area contributed by atoms with Gasteiger partial charge in [0.25, 0.3) is 0 Å². The van der Waals surface area contributed by atoms with E-state index in [1.54, 1.807) is 33.2 Å². The lowest BCUT2D eigenvalue weighted by Crippen LogP contribution is -2.40. The van der Waals surface area contributed by atoms with Gasteiger partial charge in [0.15, 0.2) is 5.96 Å². The zero-order valence-electron chi connectivity index (χ0n) is 17.2. The summed E-state index contributed by atoms with van der Waals surface area (Å²) in [5.74, 6) is 1.99. The Balaban J connectivity index is 0.00000300. The molecule has 2 aromatic carbocycles. The van der Waals surface area contributed by atoms with E-state index in [9.17, 15) is 4.39 Å². The second kappa shape index (κ2) is 11.2. The number of benzene rings is 2. The molecule has 1 aliphatic rings. The monoisotopic (exact) mass is 512 g/mol. The Kier molecular flexibility index (Phi) is 9.00. The van der Waals surface area contributed by atoms with Crippen molar-refractivity contribution in [2.45, 2.75) is 19.9 Å². The second-order valence-corrected chi connectivity index (χ2v) is 7.19. The highest BCUT2D eigenvalue weighted by Crippen LogP contribution is 2.26. The van der Waals surface area contributed by atoms with Crippen LogP contribution in [0.25, 0.3) is 0 Å². The summed E-state index contributed by atoms with van der Waals surface area (Å²) < 4.78 is 19.0. The van der Waals surface area contributed by atoms with Crippen LogP contribution < -0.4 is 20.3 Å². The van der Waals surface area contributed by atoms with Crippen LogP contribution in [0.4, 0.5) is 10.1 Å². The lowest BCUT2D eigenvalue weighted by Gasteiger charge is -2.20. The molecule has 0 bridgehead atoms. The molecule has 29 heavy (non-hydrogen) atoms. The van der Waals surface area contributed by atoms with Crippen LogP contribution in [0.5, 0.6) is 5.75 Å². The number of halogens is 2. The van der Waals surface area contributed by atoms with E-state index in [4.69, 9.17) is 4.74 Å². The Labute approximate surface area is 189 Å². The molecule has 7 heteroatoms. The van der Waals surface area contributed by atoms with E-state index in [-0.39, 0.29) is 29.8 Å². The van der Waals surface area contributed by atoms with Crippen molar-refractivity contribution in [3.8, 4) is 5.75 Å². The maximum Gasteiger partial charge on any atom is 0.191 e. The number of nitrogens with one attached hydrogen (secondary N) is 2. The quantitative estimate of drug-likeness (QED) is 0.350. The molecule has 158 valence electrons. The van der Waals surface area contributed by atoms with Crippen molar-refractivity contribution < 1.29 is 9.13 Å². The van der Waals surface area contributed by atoms with E-state index in [0.29, 0.717) is 18.0 Å². The van der Waals surface area contributed by atoms with Crippen LogP contribution >= 0.6 is 24.0 Å². The summed E-state index contributed by atoms with van der Waals surface area (Å²) in [6.45, 7) is 5.19. The highest BCUT2D eigenvalue weighted by molar-refractivity contribution is 14.0. The number of aliphatic imine (C=N–C) groups is 1. The number of guanidine groups is 1. The number of methoxy groups -OCH3 is 1. The molecule has 1 atom stereocenters. The first-order chi connectivity index (χ1) is 13.6. The molecule has 1 fully saturated rings. The number of hydrogen-bond acceptors (Lipinski definition) is 3. The van der Waals surface area contributed by atoms with Crippen LogP contribution in [0.15, 0.2) is 47.5 Å². The highest BCUT2D eigenvalue weighted by atomic mass is 127. The van der Waals surface area contributed by atoms with Gasteiger partial charge in [0.1, 0.15) is 11.6 Å². The minimum Gasteiger partial charge on any atom is -0.497 e. The average Bonchev–Trinajstić information content (AvgIpc) is 3.20. The van der Waals surface area contributed by atoms with Crippen LogP contribution in [0, 0.1) is 18.7 Å². The van der Waals surface area contributed by atoms with Crippen molar-refractivity contribution in [3.63, 3.8) is 0 Å². The van der Waals surface area contributed by atoms with Crippen molar-refractivity contribution in [2.75, 3.05) is 38.7 Å². The number of hydrogen-bond donors (Lipinski definition) is 2. The van der Waals surface area contributed by atoms with Crippen LogP contribution in [0.3, 0.4) is 0 Å². The van der Waals surface area contributed by atoms with E-state index in [1.807, 2.05) is 18.2 Å². The van der Waals surface area contributed by atoms with Gasteiger partial charge in [0.2, 0.25) is 0 Å². The fourth-order valence-electron chi connectivity index (χ4n) is 3.43. The van der Waals surface area contributed by atoms with Crippen LogP contribution in [0.2, 0.25) is 0 Å². The molecular weight excluding hydrogens is 482 g/mol. The lowest BCUT2D eigenvalue weighted by atomic mass is 10.1. The van der Waals surface area contributed by atoms with Crippen LogP contribution in [0.1, 0.15) is 17.5 Å². The third-order valence-corrected chi connectivity index (χ3v) is 5.18. The van der Waals surface area contributed by atoms with E-state index in [2.05, 4.69) is 32.7 Å². The zero-order valence-corrected chi connectivity index (χ0v) is 19.6. The molecule has 1 heterocycles. The first-order valence-electron chi connectivity index (χ1n) is 9.67. The Bertz CT molecular complexity index is 830. The van der Waals surface area contributed by atoms with Crippen LogP contribution in [-0.2, 0) is 6.54 Å². The maximum absolute atomic E-state index is 13.7. The average molecular weight is 512 g/mol. The predicted octanol–water partition coefficient (Wildman–Crippen LogP) is 3.95. The highest BCUT2D eigenvalue weighted by Gasteiger charge is 2.23. The van der Waals surface area contributed by atoms with Gasteiger partial charge in [-0.2, -0.15) is 0 Å². The maximum atomic E-state index is 13.7. The Morgan fingerprint density at radius 3 is 2.79 bits per heavy atom. The van der Waals surface area contributed by atoms with Gasteiger partial charge in [-0.3, -0.25) is 4.99 Å². The smallest absolute Gasteiger partial charge is 0.191 e. The van der Waals surface area contributed by atoms with Gasteiger partial charge in [0, 0.05) is 45.0 Å². The summed E-state index contributed by atoms with van der Waals surface area (Å²) in [4.78, 5) is 6.66. The van der Waals surface area contributed by atoms with Gasteiger partial charge in [0.05, 0.1) is 7.11 Å². The van der Waals surface area contributed by atoms with E-state index in [0.717, 1.165) is 43.3 Å². The molecule has 0 spiro atoms. The summed E-state index contributed by atoms with van der Waals surface area (Å²) in [5, 5.41) is 6.65. The number of anilines is 1.